The molecule has 1 fully saturated rings. The van der Waals surface area contributed by atoms with Crippen LogP contribution in [0.1, 0.15) is 67.5 Å². The van der Waals surface area contributed by atoms with Gasteiger partial charge in [0.1, 0.15) is 17.7 Å². The lowest BCUT2D eigenvalue weighted by Crippen LogP contribution is -2.41. The molecule has 0 radical (unpaired) electrons. The summed E-state index contributed by atoms with van der Waals surface area (Å²) in [5, 5.41) is 15.6. The van der Waals surface area contributed by atoms with Crippen molar-refractivity contribution in [3.8, 4) is 6.07 Å². The SMILES string of the molecule is CCN(CC(=O)NCc1ccc(F)cc1)CC(=O)Nc1c(C#N)c(C)c(C)n1C1CCCCC1. The Balaban J connectivity index is 1.63. The molecule has 1 saturated carbocycles. The summed E-state index contributed by atoms with van der Waals surface area (Å²) in [5.74, 6) is -0.211. The van der Waals surface area contributed by atoms with E-state index in [1.165, 1.54) is 18.6 Å². The molecule has 182 valence electrons. The fourth-order valence-corrected chi connectivity index (χ4v) is 4.60. The number of nitrogens with one attached hydrogen (secondary N) is 2. The average Bonchev–Trinajstić information content (AvgIpc) is 3.07. The minimum atomic E-state index is -0.321. The van der Waals surface area contributed by atoms with Gasteiger partial charge in [0.05, 0.1) is 18.7 Å². The van der Waals surface area contributed by atoms with Crippen LogP contribution in [0.4, 0.5) is 10.2 Å². The quantitative estimate of drug-likeness (QED) is 0.578. The summed E-state index contributed by atoms with van der Waals surface area (Å²) in [6, 6.07) is 8.50. The number of carbonyl (C=O) groups excluding carboxylic acids is 2. The summed E-state index contributed by atoms with van der Waals surface area (Å²) in [6.07, 6.45) is 5.59. The Kier molecular flexibility index (Phi) is 8.83. The highest BCUT2D eigenvalue weighted by Gasteiger charge is 2.26. The number of aromatic nitrogens is 1. The van der Waals surface area contributed by atoms with Gasteiger partial charge in [-0.1, -0.05) is 38.3 Å². The van der Waals surface area contributed by atoms with Crippen molar-refractivity contribution in [1.82, 2.24) is 14.8 Å². The highest BCUT2D eigenvalue weighted by atomic mass is 19.1. The van der Waals surface area contributed by atoms with E-state index in [0.717, 1.165) is 42.5 Å². The lowest BCUT2D eigenvalue weighted by Gasteiger charge is -2.27. The van der Waals surface area contributed by atoms with E-state index < -0.39 is 0 Å². The minimum Gasteiger partial charge on any atom is -0.351 e. The lowest BCUT2D eigenvalue weighted by molar-refractivity contribution is -0.123. The highest BCUT2D eigenvalue weighted by Crippen LogP contribution is 2.36. The number of rotatable bonds is 9. The Morgan fingerprint density at radius 1 is 1.12 bits per heavy atom. The van der Waals surface area contributed by atoms with Crippen LogP contribution < -0.4 is 10.6 Å². The maximum atomic E-state index is 13.0. The van der Waals surface area contributed by atoms with E-state index in [4.69, 9.17) is 0 Å². The van der Waals surface area contributed by atoms with Crippen LogP contribution >= 0.6 is 0 Å². The molecule has 1 aromatic carbocycles. The zero-order valence-electron chi connectivity index (χ0n) is 20.3. The third-order valence-corrected chi connectivity index (χ3v) is 6.65. The number of hydrogen-bond acceptors (Lipinski definition) is 4. The molecule has 34 heavy (non-hydrogen) atoms. The topological polar surface area (TPSA) is 90.2 Å². The van der Waals surface area contributed by atoms with Crippen LogP contribution in [0.25, 0.3) is 0 Å². The molecule has 1 heterocycles. The Labute approximate surface area is 200 Å². The number of hydrogen-bond donors (Lipinski definition) is 2. The van der Waals surface area contributed by atoms with E-state index in [1.807, 2.05) is 20.8 Å². The van der Waals surface area contributed by atoms with Crippen molar-refractivity contribution in [2.24, 2.45) is 0 Å². The van der Waals surface area contributed by atoms with Gasteiger partial charge in [-0.15, -0.1) is 0 Å². The second-order valence-electron chi connectivity index (χ2n) is 8.96. The molecule has 0 atom stereocenters. The van der Waals surface area contributed by atoms with Crippen LogP contribution in [0.2, 0.25) is 0 Å². The highest BCUT2D eigenvalue weighted by molar-refractivity contribution is 5.93. The van der Waals surface area contributed by atoms with Gasteiger partial charge in [0.25, 0.3) is 0 Å². The fraction of sp³-hybridized carbons (Fsp3) is 0.500. The van der Waals surface area contributed by atoms with Crippen molar-refractivity contribution in [1.29, 1.82) is 5.26 Å². The van der Waals surface area contributed by atoms with Crippen LogP contribution in [0.3, 0.4) is 0 Å². The zero-order chi connectivity index (χ0) is 24.7. The van der Waals surface area contributed by atoms with Gasteiger partial charge in [-0.05, 0) is 56.5 Å². The van der Waals surface area contributed by atoms with Gasteiger partial charge in [0.15, 0.2) is 0 Å². The van der Waals surface area contributed by atoms with Crippen molar-refractivity contribution in [3.05, 3.63) is 52.5 Å². The molecule has 3 rings (SSSR count). The summed E-state index contributed by atoms with van der Waals surface area (Å²) in [5.41, 5.74) is 3.23. The molecule has 7 nitrogen and oxygen atoms in total. The Morgan fingerprint density at radius 2 is 1.76 bits per heavy atom. The summed E-state index contributed by atoms with van der Waals surface area (Å²) in [4.78, 5) is 27.1. The van der Waals surface area contributed by atoms with Gasteiger partial charge in [-0.3, -0.25) is 14.5 Å². The molecule has 8 heteroatoms. The molecular formula is C26H34FN5O2. The standard InChI is InChI=1S/C26H34FN5O2/c1-4-31(16-24(33)29-15-20-10-12-21(27)13-11-20)17-25(34)30-26-23(14-28)18(2)19(3)32(26)22-8-6-5-7-9-22/h10-13,22H,4-9,15-17H2,1-3H3,(H,29,33)(H,30,34). The van der Waals surface area contributed by atoms with E-state index in [9.17, 15) is 19.2 Å². The molecule has 0 bridgehead atoms. The predicted octanol–water partition coefficient (Wildman–Crippen LogP) is 4.20. The van der Waals surface area contributed by atoms with Crippen LogP contribution in [0.5, 0.6) is 0 Å². The molecule has 1 aliphatic carbocycles. The van der Waals surface area contributed by atoms with Crippen LogP contribution in [0, 0.1) is 31.0 Å². The number of nitrogens with zero attached hydrogens (tertiary/aromatic N) is 3. The van der Waals surface area contributed by atoms with Crippen LogP contribution in [0.15, 0.2) is 24.3 Å². The van der Waals surface area contributed by atoms with Crippen molar-refractivity contribution < 1.29 is 14.0 Å². The molecule has 2 N–H and O–H groups in total. The number of carbonyl (C=O) groups is 2. The smallest absolute Gasteiger partial charge is 0.239 e. The van der Waals surface area contributed by atoms with E-state index in [0.29, 0.717) is 24.5 Å². The molecular weight excluding hydrogens is 433 g/mol. The van der Waals surface area contributed by atoms with Crippen molar-refractivity contribution in [2.75, 3.05) is 25.0 Å². The van der Waals surface area contributed by atoms with Gasteiger partial charge >= 0.3 is 0 Å². The maximum absolute atomic E-state index is 13.0. The first-order valence-electron chi connectivity index (χ1n) is 12.0. The van der Waals surface area contributed by atoms with E-state index >= 15 is 0 Å². The number of nitriles is 1. The summed E-state index contributed by atoms with van der Waals surface area (Å²) in [6.45, 7) is 6.74. The number of halogens is 1. The van der Waals surface area contributed by atoms with Gasteiger partial charge in [-0.2, -0.15) is 5.26 Å². The second-order valence-corrected chi connectivity index (χ2v) is 8.96. The summed E-state index contributed by atoms with van der Waals surface area (Å²) < 4.78 is 15.2. The largest absolute Gasteiger partial charge is 0.351 e. The summed E-state index contributed by atoms with van der Waals surface area (Å²) in [7, 11) is 0. The molecule has 0 aliphatic heterocycles. The van der Waals surface area contributed by atoms with Crippen molar-refractivity contribution >= 4 is 17.6 Å². The monoisotopic (exact) mass is 467 g/mol. The Morgan fingerprint density at radius 3 is 2.38 bits per heavy atom. The maximum Gasteiger partial charge on any atom is 0.239 e. The number of anilines is 1. The molecule has 1 aromatic heterocycles. The van der Waals surface area contributed by atoms with Crippen molar-refractivity contribution in [2.45, 2.75) is 65.5 Å². The lowest BCUT2D eigenvalue weighted by atomic mass is 9.95. The molecule has 2 amide bonds. The predicted molar refractivity (Wildman–Crippen MR) is 130 cm³/mol. The van der Waals surface area contributed by atoms with Crippen molar-refractivity contribution in [3.63, 3.8) is 0 Å². The van der Waals surface area contributed by atoms with E-state index in [2.05, 4.69) is 21.3 Å². The second kappa shape index (κ2) is 11.8. The van der Waals surface area contributed by atoms with E-state index in [1.54, 1.807) is 17.0 Å². The zero-order valence-corrected chi connectivity index (χ0v) is 20.3. The molecule has 0 spiro atoms. The first-order valence-corrected chi connectivity index (χ1v) is 12.0. The third-order valence-electron chi connectivity index (χ3n) is 6.65. The molecule has 1 aliphatic rings. The molecule has 0 saturated heterocycles. The first-order chi connectivity index (χ1) is 16.3. The fourth-order valence-electron chi connectivity index (χ4n) is 4.60. The summed E-state index contributed by atoms with van der Waals surface area (Å²) >= 11 is 0. The van der Waals surface area contributed by atoms with E-state index in [-0.39, 0.29) is 36.8 Å². The van der Waals surface area contributed by atoms with Gasteiger partial charge in [-0.25, -0.2) is 4.39 Å². The van der Waals surface area contributed by atoms with Crippen LogP contribution in [-0.2, 0) is 16.1 Å². The van der Waals surface area contributed by atoms with Crippen LogP contribution in [-0.4, -0.2) is 40.9 Å². The Bertz CT molecular complexity index is 1050. The minimum absolute atomic E-state index is 0.0410. The van der Waals surface area contributed by atoms with Gasteiger partial charge < -0.3 is 15.2 Å². The number of benzene rings is 1. The average molecular weight is 468 g/mol. The normalized spacial score (nSPS) is 14.1. The third kappa shape index (κ3) is 6.23. The number of amides is 2. The first kappa shape index (κ1) is 25.4. The molecule has 2 aromatic rings. The van der Waals surface area contributed by atoms with Gasteiger partial charge in [0, 0.05) is 18.3 Å². The number of likely N-dealkylation sites (N-methyl/N-ethyl adjacent to an activating group) is 1. The van der Waals surface area contributed by atoms with Gasteiger partial charge in [0.2, 0.25) is 11.8 Å². The molecule has 0 unspecified atom stereocenters. The Hall–Kier alpha value is -3.18.